The van der Waals surface area contributed by atoms with E-state index in [1.54, 1.807) is 6.92 Å². The Morgan fingerprint density at radius 1 is 1.42 bits per heavy atom. The van der Waals surface area contributed by atoms with Gasteiger partial charge in [-0.1, -0.05) is 6.07 Å². The molecule has 6 nitrogen and oxygen atoms in total. The van der Waals surface area contributed by atoms with Crippen LogP contribution in [0.5, 0.6) is 5.75 Å². The van der Waals surface area contributed by atoms with Gasteiger partial charge in [-0.15, -0.1) is 0 Å². The summed E-state index contributed by atoms with van der Waals surface area (Å²) in [5.74, 6) is -1.52. The second kappa shape index (κ2) is 5.16. The number of benzene rings is 1. The molecule has 0 bridgehead atoms. The first kappa shape index (κ1) is 13.8. The first-order valence-corrected chi connectivity index (χ1v) is 6.16. The van der Waals surface area contributed by atoms with Gasteiger partial charge in [0.1, 0.15) is 16.9 Å². The highest BCUT2D eigenvalue weighted by Gasteiger charge is 2.35. The fourth-order valence-corrected chi connectivity index (χ4v) is 2.27. The normalized spacial score (nSPS) is 22.7. The zero-order chi connectivity index (χ0) is 14.0. The third-order valence-electron chi connectivity index (χ3n) is 3.53. The summed E-state index contributed by atoms with van der Waals surface area (Å²) < 4.78 is 0. The summed E-state index contributed by atoms with van der Waals surface area (Å²) in [7, 11) is 0. The van der Waals surface area contributed by atoms with Crippen LogP contribution in [0.4, 0.5) is 0 Å². The van der Waals surface area contributed by atoms with Crippen molar-refractivity contribution in [3.8, 4) is 5.75 Å². The maximum Gasteiger partial charge on any atom is 0.339 e. The molecule has 1 aliphatic heterocycles. The van der Waals surface area contributed by atoms with Crippen molar-refractivity contribution in [2.45, 2.75) is 18.6 Å². The highest BCUT2D eigenvalue weighted by atomic mass is 16.4. The molecule has 19 heavy (non-hydrogen) atoms. The van der Waals surface area contributed by atoms with Crippen molar-refractivity contribution in [1.82, 2.24) is 10.6 Å². The van der Waals surface area contributed by atoms with Crippen LogP contribution in [0.25, 0.3) is 0 Å². The van der Waals surface area contributed by atoms with Crippen molar-refractivity contribution >= 4 is 5.97 Å². The van der Waals surface area contributed by atoms with Gasteiger partial charge in [0.2, 0.25) is 0 Å². The molecule has 1 aromatic rings. The maximum absolute atomic E-state index is 11.0. The van der Waals surface area contributed by atoms with Crippen LogP contribution in [0, 0.1) is 0 Å². The summed E-state index contributed by atoms with van der Waals surface area (Å²) >= 11 is 0. The van der Waals surface area contributed by atoms with Crippen molar-refractivity contribution < 1.29 is 20.1 Å². The predicted octanol–water partition coefficient (Wildman–Crippen LogP) is -0.141. The molecule has 2 atom stereocenters. The van der Waals surface area contributed by atoms with Crippen LogP contribution >= 0.6 is 0 Å². The van der Waals surface area contributed by atoms with Crippen molar-refractivity contribution in [1.29, 1.82) is 0 Å². The first-order valence-electron chi connectivity index (χ1n) is 6.16. The van der Waals surface area contributed by atoms with Crippen LogP contribution in [0.2, 0.25) is 0 Å². The monoisotopic (exact) mass is 266 g/mol. The topological polar surface area (TPSA) is 102 Å². The molecule has 1 saturated heterocycles. The number of nitrogens with one attached hydrogen (secondary N) is 2. The van der Waals surface area contributed by atoms with E-state index in [9.17, 15) is 15.0 Å². The van der Waals surface area contributed by atoms with Gasteiger partial charge >= 0.3 is 5.97 Å². The molecule has 104 valence electrons. The number of carbonyl (C=O) groups is 1. The molecule has 0 spiro atoms. The molecule has 1 aromatic carbocycles. The van der Waals surface area contributed by atoms with Crippen LogP contribution in [0.1, 0.15) is 22.8 Å². The van der Waals surface area contributed by atoms with Crippen molar-refractivity contribution in [2.75, 3.05) is 19.6 Å². The number of rotatable bonds is 3. The Labute approximate surface area is 111 Å². The van der Waals surface area contributed by atoms with Gasteiger partial charge < -0.3 is 26.0 Å². The lowest BCUT2D eigenvalue weighted by Gasteiger charge is -2.37. The number of carboxylic acid groups (broad SMARTS) is 1. The van der Waals surface area contributed by atoms with Gasteiger partial charge in [-0.05, 0) is 24.6 Å². The number of hydrogen-bond acceptors (Lipinski definition) is 5. The fraction of sp³-hybridized carbons (Fsp3) is 0.462. The smallest absolute Gasteiger partial charge is 0.339 e. The number of aliphatic hydroxyl groups is 1. The number of phenols is 1. The van der Waals surface area contributed by atoms with Crippen LogP contribution in [-0.4, -0.2) is 47.0 Å². The number of piperazine rings is 1. The van der Waals surface area contributed by atoms with E-state index in [2.05, 4.69) is 10.6 Å². The minimum Gasteiger partial charge on any atom is -0.507 e. The Morgan fingerprint density at radius 3 is 2.74 bits per heavy atom. The molecule has 5 N–H and O–H groups in total. The maximum atomic E-state index is 11.0. The molecule has 1 fully saturated rings. The molecule has 1 aliphatic rings. The second-order valence-corrected chi connectivity index (χ2v) is 4.90. The van der Waals surface area contributed by atoms with E-state index in [4.69, 9.17) is 5.11 Å². The fourth-order valence-electron chi connectivity index (χ4n) is 2.27. The molecular weight excluding hydrogens is 248 g/mol. The molecule has 0 aliphatic carbocycles. The Morgan fingerprint density at radius 2 is 2.16 bits per heavy atom. The minimum atomic E-state index is -1.22. The van der Waals surface area contributed by atoms with E-state index in [-0.39, 0.29) is 17.4 Å². The first-order chi connectivity index (χ1) is 8.93. The van der Waals surface area contributed by atoms with Gasteiger partial charge in [0.15, 0.2) is 0 Å². The van der Waals surface area contributed by atoms with E-state index in [1.807, 2.05) is 0 Å². The number of aromatic hydroxyl groups is 1. The highest BCUT2D eigenvalue weighted by molar-refractivity contribution is 5.91. The van der Waals surface area contributed by atoms with E-state index in [0.29, 0.717) is 12.1 Å². The summed E-state index contributed by atoms with van der Waals surface area (Å²) in [5, 5.41) is 35.5. The second-order valence-electron chi connectivity index (χ2n) is 4.90. The molecule has 1 heterocycles. The SMILES string of the molecule is CC(O)(c1ccc(O)c(C(=O)O)c1)C1CNCCN1. The van der Waals surface area contributed by atoms with Crippen LogP contribution in [-0.2, 0) is 5.60 Å². The minimum absolute atomic E-state index is 0.207. The standard InChI is InChI=1S/C13H18N2O4/c1-13(19,11-7-14-4-5-15-11)8-2-3-10(16)9(6-8)12(17)18/h2-3,6,11,14-16,19H,4-5,7H2,1H3,(H,17,18). The van der Waals surface area contributed by atoms with Gasteiger partial charge in [0, 0.05) is 19.6 Å². The van der Waals surface area contributed by atoms with Gasteiger partial charge in [-0.25, -0.2) is 4.79 Å². The largest absolute Gasteiger partial charge is 0.507 e. The number of hydrogen-bond donors (Lipinski definition) is 5. The summed E-state index contributed by atoms with van der Waals surface area (Å²) in [6, 6.07) is 3.93. The van der Waals surface area contributed by atoms with Gasteiger partial charge in [0.25, 0.3) is 0 Å². The summed E-state index contributed by atoms with van der Waals surface area (Å²) in [6.45, 7) is 3.80. The predicted molar refractivity (Wildman–Crippen MR) is 69.3 cm³/mol. The average Bonchev–Trinajstić information content (AvgIpc) is 2.39. The lowest BCUT2D eigenvalue weighted by molar-refractivity contribution is 0.0104. The van der Waals surface area contributed by atoms with E-state index in [0.717, 1.165) is 13.1 Å². The van der Waals surface area contributed by atoms with Crippen LogP contribution in [0.3, 0.4) is 0 Å². The molecule has 0 aromatic heterocycles. The molecule has 6 heteroatoms. The molecule has 2 unspecified atom stereocenters. The van der Waals surface area contributed by atoms with Gasteiger partial charge in [-0.2, -0.15) is 0 Å². The zero-order valence-corrected chi connectivity index (χ0v) is 10.7. The number of aromatic carboxylic acids is 1. The molecule has 0 saturated carbocycles. The molecule has 0 radical (unpaired) electrons. The van der Waals surface area contributed by atoms with E-state index < -0.39 is 11.6 Å². The summed E-state index contributed by atoms with van der Waals surface area (Å²) in [4.78, 5) is 11.0. The Balaban J connectivity index is 2.34. The average molecular weight is 266 g/mol. The molecular formula is C13H18N2O4. The quantitative estimate of drug-likeness (QED) is 0.522. The van der Waals surface area contributed by atoms with Crippen LogP contribution in [0.15, 0.2) is 18.2 Å². The van der Waals surface area contributed by atoms with E-state index >= 15 is 0 Å². The van der Waals surface area contributed by atoms with Gasteiger partial charge in [-0.3, -0.25) is 0 Å². The Kier molecular flexibility index (Phi) is 3.75. The third kappa shape index (κ3) is 2.70. The third-order valence-corrected chi connectivity index (χ3v) is 3.53. The zero-order valence-electron chi connectivity index (χ0n) is 10.7. The molecule has 0 amide bonds. The Bertz CT molecular complexity index is 482. The van der Waals surface area contributed by atoms with Crippen molar-refractivity contribution in [2.24, 2.45) is 0 Å². The highest BCUT2D eigenvalue weighted by Crippen LogP contribution is 2.29. The summed E-state index contributed by atoms with van der Waals surface area (Å²) in [5.41, 5.74) is -0.962. The number of carboxylic acids is 1. The van der Waals surface area contributed by atoms with Gasteiger partial charge in [0.05, 0.1) is 6.04 Å². The van der Waals surface area contributed by atoms with Crippen LogP contribution < -0.4 is 10.6 Å². The van der Waals surface area contributed by atoms with Crippen molar-refractivity contribution in [3.63, 3.8) is 0 Å². The summed E-state index contributed by atoms with van der Waals surface area (Å²) in [6.07, 6.45) is 0. The Hall–Kier alpha value is -1.63. The molecule has 2 rings (SSSR count). The lowest BCUT2D eigenvalue weighted by atomic mass is 9.86. The lowest BCUT2D eigenvalue weighted by Crippen LogP contribution is -2.57. The van der Waals surface area contributed by atoms with Crippen molar-refractivity contribution in [3.05, 3.63) is 29.3 Å². The van der Waals surface area contributed by atoms with E-state index in [1.165, 1.54) is 18.2 Å².